The third-order valence-corrected chi connectivity index (χ3v) is 6.14. The van der Waals surface area contributed by atoms with E-state index in [0.29, 0.717) is 41.1 Å². The van der Waals surface area contributed by atoms with Gasteiger partial charge in [-0.1, -0.05) is 12.1 Å². The van der Waals surface area contributed by atoms with Gasteiger partial charge in [0.1, 0.15) is 11.6 Å². The van der Waals surface area contributed by atoms with Gasteiger partial charge in [0, 0.05) is 43.1 Å². The number of nitrogens with zero attached hydrogens (tertiary/aromatic N) is 3. The summed E-state index contributed by atoms with van der Waals surface area (Å²) in [5, 5.41) is 7.27. The smallest absolute Gasteiger partial charge is 0.253 e. The highest BCUT2D eigenvalue weighted by atomic mass is 16.5. The van der Waals surface area contributed by atoms with Gasteiger partial charge >= 0.3 is 0 Å². The van der Waals surface area contributed by atoms with Crippen molar-refractivity contribution in [3.8, 4) is 17.1 Å². The molecular formula is C27H27N5O3. The average molecular weight is 470 g/mol. The van der Waals surface area contributed by atoms with Gasteiger partial charge in [0.25, 0.3) is 5.91 Å². The van der Waals surface area contributed by atoms with E-state index in [1.165, 1.54) is 0 Å². The fourth-order valence-corrected chi connectivity index (χ4v) is 4.15. The maximum atomic E-state index is 13.1. The van der Waals surface area contributed by atoms with Crippen LogP contribution >= 0.6 is 0 Å². The van der Waals surface area contributed by atoms with E-state index in [1.54, 1.807) is 19.5 Å². The number of hydrogen-bond acceptors (Lipinski definition) is 7. The number of fused-ring (bicyclic) bond motifs is 1. The fourth-order valence-electron chi connectivity index (χ4n) is 4.15. The predicted octanol–water partition coefficient (Wildman–Crippen LogP) is 4.60. The lowest BCUT2D eigenvalue weighted by molar-refractivity contribution is 0.0643. The number of rotatable bonds is 7. The highest BCUT2D eigenvalue weighted by molar-refractivity contribution is 6.02. The molecule has 0 aliphatic carbocycles. The second kappa shape index (κ2) is 10.5. The molecule has 1 amide bonds. The van der Waals surface area contributed by atoms with Crippen LogP contribution in [0.1, 0.15) is 23.2 Å². The molecule has 1 aliphatic rings. The number of methoxy groups -OCH3 is 1. The largest absolute Gasteiger partial charge is 0.497 e. The van der Waals surface area contributed by atoms with Gasteiger partial charge in [0.05, 0.1) is 23.9 Å². The molecule has 1 saturated heterocycles. The Balaban J connectivity index is 1.48. The molecule has 5 rings (SSSR count). The van der Waals surface area contributed by atoms with Gasteiger partial charge in [-0.25, -0.2) is 9.97 Å². The molecule has 8 heteroatoms. The SMILES string of the molecule is COc1ccc2nc(-c3cccnc3)nc(Nc3ccccc3C(=O)NCC3CCOCC3)c2c1. The van der Waals surface area contributed by atoms with Crippen LogP contribution in [-0.4, -0.2) is 47.7 Å². The summed E-state index contributed by atoms with van der Waals surface area (Å²) >= 11 is 0. The molecule has 2 N–H and O–H groups in total. The molecule has 3 heterocycles. The Morgan fingerprint density at radius 3 is 2.74 bits per heavy atom. The monoisotopic (exact) mass is 469 g/mol. The first kappa shape index (κ1) is 22.7. The van der Waals surface area contributed by atoms with Gasteiger partial charge in [0.15, 0.2) is 5.82 Å². The first-order valence-electron chi connectivity index (χ1n) is 11.7. The van der Waals surface area contributed by atoms with Crippen LogP contribution in [0.15, 0.2) is 67.0 Å². The molecule has 0 bridgehead atoms. The number of aromatic nitrogens is 3. The van der Waals surface area contributed by atoms with Crippen LogP contribution in [0.25, 0.3) is 22.3 Å². The van der Waals surface area contributed by atoms with Gasteiger partial charge in [-0.15, -0.1) is 0 Å². The normalized spacial score (nSPS) is 14.0. The van der Waals surface area contributed by atoms with Crippen LogP contribution in [0, 0.1) is 5.92 Å². The lowest BCUT2D eigenvalue weighted by atomic mass is 10.0. The van der Waals surface area contributed by atoms with Crippen molar-refractivity contribution in [2.45, 2.75) is 12.8 Å². The van der Waals surface area contributed by atoms with E-state index < -0.39 is 0 Å². The minimum absolute atomic E-state index is 0.122. The Morgan fingerprint density at radius 2 is 1.94 bits per heavy atom. The summed E-state index contributed by atoms with van der Waals surface area (Å²) in [6.45, 7) is 2.14. The van der Waals surface area contributed by atoms with Gasteiger partial charge in [-0.2, -0.15) is 0 Å². The van der Waals surface area contributed by atoms with Crippen molar-refractivity contribution in [1.29, 1.82) is 0 Å². The van der Waals surface area contributed by atoms with Crippen LogP contribution < -0.4 is 15.4 Å². The average Bonchev–Trinajstić information content (AvgIpc) is 2.92. The van der Waals surface area contributed by atoms with Gasteiger partial charge in [-0.3, -0.25) is 9.78 Å². The molecule has 1 aliphatic heterocycles. The van der Waals surface area contributed by atoms with Crippen LogP contribution in [0.3, 0.4) is 0 Å². The molecule has 0 unspecified atom stereocenters. The standard InChI is InChI=1S/C27H27N5O3/c1-34-20-8-9-24-22(15-20)26(32-25(30-24)19-5-4-12-28-17-19)31-23-7-3-2-6-21(23)27(33)29-16-18-10-13-35-14-11-18/h2-9,12,15,17-18H,10-11,13-14,16H2,1H3,(H,29,33)(H,30,31,32). The van der Waals surface area contributed by atoms with E-state index >= 15 is 0 Å². The minimum Gasteiger partial charge on any atom is -0.497 e. The topological polar surface area (TPSA) is 98.3 Å². The number of carbonyl (C=O) groups is 1. The van der Waals surface area contributed by atoms with Crippen molar-refractivity contribution < 1.29 is 14.3 Å². The molecule has 2 aromatic carbocycles. The Bertz CT molecular complexity index is 1320. The number of amides is 1. The molecule has 2 aromatic heterocycles. The number of benzene rings is 2. The van der Waals surface area contributed by atoms with E-state index in [9.17, 15) is 4.79 Å². The molecule has 0 spiro atoms. The van der Waals surface area contributed by atoms with Crippen molar-refractivity contribution >= 4 is 28.3 Å². The summed E-state index contributed by atoms with van der Waals surface area (Å²) < 4.78 is 10.8. The first-order valence-corrected chi connectivity index (χ1v) is 11.7. The van der Waals surface area contributed by atoms with E-state index in [-0.39, 0.29) is 5.91 Å². The van der Waals surface area contributed by atoms with E-state index in [1.807, 2.05) is 54.6 Å². The zero-order valence-electron chi connectivity index (χ0n) is 19.5. The van der Waals surface area contributed by atoms with E-state index in [0.717, 1.165) is 42.5 Å². The number of pyridine rings is 1. The first-order chi connectivity index (χ1) is 17.2. The summed E-state index contributed by atoms with van der Waals surface area (Å²) in [6.07, 6.45) is 5.37. The number of nitrogens with one attached hydrogen (secondary N) is 2. The van der Waals surface area contributed by atoms with Gasteiger partial charge < -0.3 is 20.1 Å². The number of para-hydroxylation sites is 1. The Morgan fingerprint density at radius 1 is 1.09 bits per heavy atom. The van der Waals surface area contributed by atoms with Gasteiger partial charge in [-0.05, 0) is 61.2 Å². The second-order valence-corrected chi connectivity index (χ2v) is 8.46. The van der Waals surface area contributed by atoms with Gasteiger partial charge in [0.2, 0.25) is 0 Å². The highest BCUT2D eigenvalue weighted by Crippen LogP contribution is 2.31. The van der Waals surface area contributed by atoms with Crippen molar-refractivity contribution in [2.75, 3.05) is 32.2 Å². The zero-order valence-corrected chi connectivity index (χ0v) is 19.5. The lowest BCUT2D eigenvalue weighted by Crippen LogP contribution is -2.32. The summed E-state index contributed by atoms with van der Waals surface area (Å²) in [5.41, 5.74) is 2.77. The Labute approximate surface area is 203 Å². The number of ether oxygens (including phenoxy) is 2. The second-order valence-electron chi connectivity index (χ2n) is 8.46. The Kier molecular flexibility index (Phi) is 6.81. The van der Waals surface area contributed by atoms with Crippen molar-refractivity contribution in [1.82, 2.24) is 20.3 Å². The zero-order chi connectivity index (χ0) is 24.0. The quantitative estimate of drug-likeness (QED) is 0.408. The summed E-state index contributed by atoms with van der Waals surface area (Å²) in [7, 11) is 1.62. The number of carbonyl (C=O) groups excluding carboxylic acids is 1. The maximum Gasteiger partial charge on any atom is 0.253 e. The molecular weight excluding hydrogens is 442 g/mol. The number of anilines is 2. The van der Waals surface area contributed by atoms with Crippen molar-refractivity contribution in [3.05, 3.63) is 72.6 Å². The maximum absolute atomic E-state index is 13.1. The number of hydrogen-bond donors (Lipinski definition) is 2. The molecule has 178 valence electrons. The predicted molar refractivity (Wildman–Crippen MR) is 135 cm³/mol. The third kappa shape index (κ3) is 5.22. The molecule has 0 saturated carbocycles. The van der Waals surface area contributed by atoms with Crippen LogP contribution in [0.5, 0.6) is 5.75 Å². The fraction of sp³-hybridized carbons (Fsp3) is 0.259. The van der Waals surface area contributed by atoms with E-state index in [4.69, 9.17) is 19.4 Å². The molecule has 35 heavy (non-hydrogen) atoms. The van der Waals surface area contributed by atoms with Crippen molar-refractivity contribution in [2.24, 2.45) is 5.92 Å². The highest BCUT2D eigenvalue weighted by Gasteiger charge is 2.18. The molecule has 4 aromatic rings. The summed E-state index contributed by atoms with van der Waals surface area (Å²) in [6, 6.07) is 16.9. The Hall–Kier alpha value is -4.04. The molecule has 0 radical (unpaired) electrons. The summed E-state index contributed by atoms with van der Waals surface area (Å²) in [4.78, 5) is 26.8. The lowest BCUT2D eigenvalue weighted by Gasteiger charge is -2.22. The van der Waals surface area contributed by atoms with Crippen molar-refractivity contribution in [3.63, 3.8) is 0 Å². The molecule has 0 atom stereocenters. The van der Waals surface area contributed by atoms with Crippen LogP contribution in [-0.2, 0) is 4.74 Å². The van der Waals surface area contributed by atoms with E-state index in [2.05, 4.69) is 15.6 Å². The van der Waals surface area contributed by atoms with Crippen LogP contribution in [0.4, 0.5) is 11.5 Å². The third-order valence-electron chi connectivity index (χ3n) is 6.14. The minimum atomic E-state index is -0.122. The molecule has 1 fully saturated rings. The summed E-state index contributed by atoms with van der Waals surface area (Å²) in [5.74, 6) is 2.13. The molecule has 8 nitrogen and oxygen atoms in total. The van der Waals surface area contributed by atoms with Crippen LogP contribution in [0.2, 0.25) is 0 Å².